The summed E-state index contributed by atoms with van der Waals surface area (Å²) in [6.07, 6.45) is 1.17. The second-order valence-corrected chi connectivity index (χ2v) is 3.95. The van der Waals surface area contributed by atoms with Gasteiger partial charge in [-0.15, -0.1) is 0 Å². The molecule has 4 nitrogen and oxygen atoms in total. The first-order valence-corrected chi connectivity index (χ1v) is 4.90. The number of likely N-dealkylation sites (tertiary alicyclic amines) is 2. The van der Waals surface area contributed by atoms with Crippen molar-refractivity contribution >= 4 is 5.97 Å². The summed E-state index contributed by atoms with van der Waals surface area (Å²) >= 11 is 0. The Labute approximate surface area is 78.1 Å². The maximum atomic E-state index is 10.5. The van der Waals surface area contributed by atoms with Crippen LogP contribution in [0.15, 0.2) is 0 Å². The SMILES string of the molecule is CCN1CC2CC1CN2CC(=O)O. The standard InChI is InChI=1S/C9H16N2O2/c1-2-10-4-8-3-7(10)5-11(8)6-9(12)13/h7-8H,2-6H2,1H3,(H,12,13). The van der Waals surface area contributed by atoms with Gasteiger partial charge in [-0.3, -0.25) is 14.6 Å². The molecule has 0 aliphatic carbocycles. The molecule has 0 amide bonds. The number of carboxylic acid groups (broad SMARTS) is 1. The summed E-state index contributed by atoms with van der Waals surface area (Å²) in [5.74, 6) is -0.699. The summed E-state index contributed by atoms with van der Waals surface area (Å²) in [5, 5.41) is 8.67. The van der Waals surface area contributed by atoms with E-state index in [0.29, 0.717) is 12.1 Å². The van der Waals surface area contributed by atoms with E-state index in [0.717, 1.165) is 19.6 Å². The van der Waals surface area contributed by atoms with Crippen molar-refractivity contribution in [2.45, 2.75) is 25.4 Å². The number of fused-ring (bicyclic) bond motifs is 2. The number of hydrogen-bond acceptors (Lipinski definition) is 3. The molecule has 2 rings (SSSR count). The Bertz CT molecular complexity index is 220. The van der Waals surface area contributed by atoms with Crippen molar-refractivity contribution in [1.29, 1.82) is 0 Å². The van der Waals surface area contributed by atoms with E-state index < -0.39 is 5.97 Å². The summed E-state index contributed by atoms with van der Waals surface area (Å²) in [6, 6.07) is 1.12. The molecule has 2 aliphatic heterocycles. The molecule has 0 saturated carbocycles. The fourth-order valence-electron chi connectivity index (χ4n) is 2.59. The van der Waals surface area contributed by atoms with Gasteiger partial charge in [0.2, 0.25) is 0 Å². The van der Waals surface area contributed by atoms with E-state index in [-0.39, 0.29) is 6.54 Å². The minimum absolute atomic E-state index is 0.221. The van der Waals surface area contributed by atoms with Gasteiger partial charge in [-0.05, 0) is 13.0 Å². The number of rotatable bonds is 3. The third kappa shape index (κ3) is 1.56. The first kappa shape index (κ1) is 8.97. The lowest BCUT2D eigenvalue weighted by Crippen LogP contribution is -2.47. The molecular weight excluding hydrogens is 168 g/mol. The van der Waals surface area contributed by atoms with Gasteiger partial charge < -0.3 is 5.11 Å². The monoisotopic (exact) mass is 184 g/mol. The summed E-state index contributed by atoms with van der Waals surface area (Å²) < 4.78 is 0. The highest BCUT2D eigenvalue weighted by atomic mass is 16.4. The van der Waals surface area contributed by atoms with Gasteiger partial charge in [0.1, 0.15) is 0 Å². The van der Waals surface area contributed by atoms with Crippen LogP contribution in [0.2, 0.25) is 0 Å². The van der Waals surface area contributed by atoms with Crippen molar-refractivity contribution in [3.8, 4) is 0 Å². The Balaban J connectivity index is 1.91. The molecule has 0 aromatic heterocycles. The minimum Gasteiger partial charge on any atom is -0.480 e. The van der Waals surface area contributed by atoms with Gasteiger partial charge in [-0.25, -0.2) is 0 Å². The highest BCUT2D eigenvalue weighted by Gasteiger charge is 2.42. The number of likely N-dealkylation sites (N-methyl/N-ethyl adjacent to an activating group) is 1. The Morgan fingerprint density at radius 1 is 1.38 bits per heavy atom. The van der Waals surface area contributed by atoms with Gasteiger partial charge in [0, 0.05) is 25.2 Å². The van der Waals surface area contributed by atoms with Crippen LogP contribution in [0, 0.1) is 0 Å². The first-order valence-electron chi connectivity index (χ1n) is 4.90. The van der Waals surface area contributed by atoms with E-state index in [1.165, 1.54) is 6.42 Å². The van der Waals surface area contributed by atoms with Gasteiger partial charge in [-0.1, -0.05) is 6.92 Å². The largest absolute Gasteiger partial charge is 0.480 e. The highest BCUT2D eigenvalue weighted by molar-refractivity contribution is 5.69. The van der Waals surface area contributed by atoms with E-state index in [4.69, 9.17) is 5.11 Å². The average Bonchev–Trinajstić information content (AvgIpc) is 2.60. The second kappa shape index (κ2) is 3.27. The van der Waals surface area contributed by atoms with Crippen molar-refractivity contribution in [3.05, 3.63) is 0 Å². The number of hydrogen-bond donors (Lipinski definition) is 1. The van der Waals surface area contributed by atoms with E-state index in [1.807, 2.05) is 0 Å². The van der Waals surface area contributed by atoms with E-state index in [1.54, 1.807) is 0 Å². The molecule has 13 heavy (non-hydrogen) atoms. The Kier molecular flexibility index (Phi) is 2.26. The number of piperazine rings is 1. The Morgan fingerprint density at radius 3 is 2.46 bits per heavy atom. The molecule has 2 atom stereocenters. The summed E-state index contributed by atoms with van der Waals surface area (Å²) in [6.45, 7) is 5.50. The molecule has 2 saturated heterocycles. The predicted molar refractivity (Wildman–Crippen MR) is 48.6 cm³/mol. The van der Waals surface area contributed by atoms with Crippen molar-refractivity contribution in [3.63, 3.8) is 0 Å². The number of carbonyl (C=O) groups is 1. The molecule has 2 fully saturated rings. The zero-order valence-electron chi connectivity index (χ0n) is 7.94. The van der Waals surface area contributed by atoms with Gasteiger partial charge in [0.05, 0.1) is 6.54 Å². The fraction of sp³-hybridized carbons (Fsp3) is 0.889. The molecule has 0 aromatic carbocycles. The molecule has 2 bridgehead atoms. The Hall–Kier alpha value is -0.610. The van der Waals surface area contributed by atoms with Crippen LogP contribution in [0.25, 0.3) is 0 Å². The van der Waals surface area contributed by atoms with Crippen LogP contribution in [-0.4, -0.2) is 59.1 Å². The maximum absolute atomic E-state index is 10.5. The number of nitrogens with zero attached hydrogens (tertiary/aromatic N) is 2. The quantitative estimate of drug-likeness (QED) is 0.662. The lowest BCUT2D eigenvalue weighted by Gasteiger charge is -2.32. The third-order valence-corrected chi connectivity index (χ3v) is 3.21. The predicted octanol–water partition coefficient (Wildman–Crippen LogP) is -0.151. The van der Waals surface area contributed by atoms with Crippen LogP contribution in [0.5, 0.6) is 0 Å². The van der Waals surface area contributed by atoms with Crippen molar-refractivity contribution in [2.75, 3.05) is 26.2 Å². The van der Waals surface area contributed by atoms with Gasteiger partial charge >= 0.3 is 5.97 Å². The minimum atomic E-state index is -0.699. The first-order chi connectivity index (χ1) is 6.20. The van der Waals surface area contributed by atoms with Crippen LogP contribution in [0.4, 0.5) is 0 Å². The van der Waals surface area contributed by atoms with Gasteiger partial charge in [0.25, 0.3) is 0 Å². The van der Waals surface area contributed by atoms with E-state index >= 15 is 0 Å². The topological polar surface area (TPSA) is 43.8 Å². The van der Waals surface area contributed by atoms with E-state index in [9.17, 15) is 4.79 Å². The maximum Gasteiger partial charge on any atom is 0.317 e. The second-order valence-electron chi connectivity index (χ2n) is 3.95. The number of aliphatic carboxylic acids is 1. The third-order valence-electron chi connectivity index (χ3n) is 3.21. The van der Waals surface area contributed by atoms with Crippen molar-refractivity contribution in [2.24, 2.45) is 0 Å². The molecule has 0 radical (unpaired) electrons. The molecule has 4 heteroatoms. The smallest absolute Gasteiger partial charge is 0.317 e. The Morgan fingerprint density at radius 2 is 2.00 bits per heavy atom. The van der Waals surface area contributed by atoms with Gasteiger partial charge in [-0.2, -0.15) is 0 Å². The van der Waals surface area contributed by atoms with Crippen molar-refractivity contribution in [1.82, 2.24) is 9.80 Å². The number of carboxylic acids is 1. The highest BCUT2D eigenvalue weighted by Crippen LogP contribution is 2.29. The fourth-order valence-corrected chi connectivity index (χ4v) is 2.59. The zero-order chi connectivity index (χ0) is 9.42. The molecule has 2 unspecified atom stereocenters. The van der Waals surface area contributed by atoms with Crippen LogP contribution in [-0.2, 0) is 4.79 Å². The van der Waals surface area contributed by atoms with Crippen LogP contribution in [0.3, 0.4) is 0 Å². The lowest BCUT2D eigenvalue weighted by molar-refractivity contribution is -0.138. The molecule has 0 spiro atoms. The molecule has 2 heterocycles. The van der Waals surface area contributed by atoms with E-state index in [2.05, 4.69) is 16.7 Å². The summed E-state index contributed by atoms with van der Waals surface area (Å²) in [7, 11) is 0. The molecule has 74 valence electrons. The summed E-state index contributed by atoms with van der Waals surface area (Å²) in [5.41, 5.74) is 0. The normalized spacial score (nSPS) is 34.2. The lowest BCUT2D eigenvalue weighted by atomic mass is 10.2. The molecular formula is C9H16N2O2. The van der Waals surface area contributed by atoms with Crippen LogP contribution >= 0.6 is 0 Å². The van der Waals surface area contributed by atoms with Crippen LogP contribution < -0.4 is 0 Å². The van der Waals surface area contributed by atoms with Gasteiger partial charge in [0.15, 0.2) is 0 Å². The average molecular weight is 184 g/mol. The molecule has 1 N–H and O–H groups in total. The molecule has 0 aromatic rings. The molecule has 2 aliphatic rings. The van der Waals surface area contributed by atoms with Crippen molar-refractivity contribution < 1.29 is 9.90 Å². The summed E-state index contributed by atoms with van der Waals surface area (Å²) in [4.78, 5) is 15.1. The van der Waals surface area contributed by atoms with Crippen LogP contribution in [0.1, 0.15) is 13.3 Å². The zero-order valence-corrected chi connectivity index (χ0v) is 7.94.